The van der Waals surface area contributed by atoms with Crippen LogP contribution >= 0.6 is 0 Å². The van der Waals surface area contributed by atoms with Crippen molar-refractivity contribution in [3.05, 3.63) is 60.2 Å². The van der Waals surface area contributed by atoms with E-state index in [1.807, 2.05) is 54.6 Å². The van der Waals surface area contributed by atoms with E-state index in [0.717, 1.165) is 36.6 Å². The standard InChI is InChI=1S/C18H21N3O2/c1-21-11-12-23-17(13-21)14-7-9-16(10-8-14)20-18(22)19-15-5-3-2-4-6-15/h2-10,17H,11-13H2,1H3,(H2,19,20,22). The van der Waals surface area contributed by atoms with Crippen LogP contribution in [0.5, 0.6) is 0 Å². The first-order valence-electron chi connectivity index (χ1n) is 7.74. The summed E-state index contributed by atoms with van der Waals surface area (Å²) >= 11 is 0. The molecule has 3 rings (SSSR count). The number of hydrogen-bond donors (Lipinski definition) is 2. The molecular weight excluding hydrogens is 290 g/mol. The fourth-order valence-electron chi connectivity index (χ4n) is 2.58. The Morgan fingerprint density at radius 1 is 1.04 bits per heavy atom. The minimum atomic E-state index is -0.252. The largest absolute Gasteiger partial charge is 0.371 e. The number of para-hydroxylation sites is 1. The van der Waals surface area contributed by atoms with E-state index >= 15 is 0 Å². The number of anilines is 2. The maximum atomic E-state index is 12.0. The summed E-state index contributed by atoms with van der Waals surface area (Å²) in [5, 5.41) is 5.62. The number of hydrogen-bond acceptors (Lipinski definition) is 3. The number of nitrogens with zero attached hydrogens (tertiary/aromatic N) is 1. The molecule has 0 bridgehead atoms. The minimum Gasteiger partial charge on any atom is -0.371 e. The molecule has 0 spiro atoms. The summed E-state index contributed by atoms with van der Waals surface area (Å²) in [6.45, 7) is 2.61. The van der Waals surface area contributed by atoms with Crippen LogP contribution < -0.4 is 10.6 Å². The van der Waals surface area contributed by atoms with E-state index in [1.165, 1.54) is 0 Å². The molecule has 0 aliphatic carbocycles. The Labute approximate surface area is 136 Å². The number of morpholine rings is 1. The zero-order chi connectivity index (χ0) is 16.1. The fraction of sp³-hybridized carbons (Fsp3) is 0.278. The highest BCUT2D eigenvalue weighted by molar-refractivity contribution is 5.99. The molecule has 2 amide bonds. The van der Waals surface area contributed by atoms with E-state index < -0.39 is 0 Å². The first-order chi connectivity index (χ1) is 11.2. The summed E-state index contributed by atoms with van der Waals surface area (Å²) in [4.78, 5) is 14.2. The zero-order valence-electron chi connectivity index (χ0n) is 13.2. The predicted octanol–water partition coefficient (Wildman–Crippen LogP) is 3.33. The number of ether oxygens (including phenoxy) is 1. The zero-order valence-corrected chi connectivity index (χ0v) is 13.2. The lowest BCUT2D eigenvalue weighted by molar-refractivity contribution is -0.0208. The molecule has 1 aliphatic heterocycles. The maximum Gasteiger partial charge on any atom is 0.323 e. The Bertz CT molecular complexity index is 643. The molecule has 0 radical (unpaired) electrons. The van der Waals surface area contributed by atoms with Crippen LogP contribution in [0.15, 0.2) is 54.6 Å². The van der Waals surface area contributed by atoms with Gasteiger partial charge in [-0.05, 0) is 36.9 Å². The van der Waals surface area contributed by atoms with Gasteiger partial charge < -0.3 is 20.3 Å². The van der Waals surface area contributed by atoms with E-state index in [4.69, 9.17) is 4.74 Å². The molecular formula is C18H21N3O2. The van der Waals surface area contributed by atoms with Crippen LogP contribution in [0.25, 0.3) is 0 Å². The number of rotatable bonds is 3. The lowest BCUT2D eigenvalue weighted by Gasteiger charge is -2.30. The molecule has 2 N–H and O–H groups in total. The Morgan fingerprint density at radius 2 is 1.70 bits per heavy atom. The van der Waals surface area contributed by atoms with Crippen molar-refractivity contribution in [3.63, 3.8) is 0 Å². The number of likely N-dealkylation sites (N-methyl/N-ethyl adjacent to an activating group) is 1. The third kappa shape index (κ3) is 4.31. The first-order valence-corrected chi connectivity index (χ1v) is 7.74. The van der Waals surface area contributed by atoms with Crippen molar-refractivity contribution in [2.75, 3.05) is 37.4 Å². The number of nitrogens with one attached hydrogen (secondary N) is 2. The molecule has 120 valence electrons. The lowest BCUT2D eigenvalue weighted by atomic mass is 10.1. The molecule has 0 saturated carbocycles. The SMILES string of the molecule is CN1CCOC(c2ccc(NC(=O)Nc3ccccc3)cc2)C1. The van der Waals surface area contributed by atoms with Crippen LogP contribution in [-0.4, -0.2) is 37.7 Å². The van der Waals surface area contributed by atoms with Gasteiger partial charge in [0.25, 0.3) is 0 Å². The average Bonchev–Trinajstić information content (AvgIpc) is 2.56. The summed E-state index contributed by atoms with van der Waals surface area (Å²) < 4.78 is 5.79. The third-order valence-corrected chi connectivity index (χ3v) is 3.84. The molecule has 5 heteroatoms. The van der Waals surface area contributed by atoms with Crippen LogP contribution in [0.4, 0.5) is 16.2 Å². The van der Waals surface area contributed by atoms with Gasteiger partial charge in [0.1, 0.15) is 0 Å². The highest BCUT2D eigenvalue weighted by Crippen LogP contribution is 2.23. The van der Waals surface area contributed by atoms with Gasteiger partial charge >= 0.3 is 6.03 Å². The van der Waals surface area contributed by atoms with E-state index in [0.29, 0.717) is 0 Å². The van der Waals surface area contributed by atoms with Crippen molar-refractivity contribution < 1.29 is 9.53 Å². The van der Waals surface area contributed by atoms with Crippen molar-refractivity contribution in [2.45, 2.75) is 6.10 Å². The summed E-state index contributed by atoms with van der Waals surface area (Å²) in [6.07, 6.45) is 0.0981. The second-order valence-electron chi connectivity index (χ2n) is 5.69. The van der Waals surface area contributed by atoms with Crippen molar-refractivity contribution in [3.8, 4) is 0 Å². The molecule has 5 nitrogen and oxygen atoms in total. The Balaban J connectivity index is 1.58. The molecule has 1 fully saturated rings. The van der Waals surface area contributed by atoms with Gasteiger partial charge in [0.05, 0.1) is 12.7 Å². The molecule has 1 atom stereocenters. The molecule has 2 aromatic rings. The number of amides is 2. The summed E-state index contributed by atoms with van der Waals surface area (Å²) in [7, 11) is 2.10. The van der Waals surface area contributed by atoms with Gasteiger partial charge in [0, 0.05) is 24.5 Å². The molecule has 1 unspecified atom stereocenters. The van der Waals surface area contributed by atoms with Gasteiger partial charge in [0.15, 0.2) is 0 Å². The van der Waals surface area contributed by atoms with E-state index in [1.54, 1.807) is 0 Å². The predicted molar refractivity (Wildman–Crippen MR) is 91.7 cm³/mol. The molecule has 2 aromatic carbocycles. The van der Waals surface area contributed by atoms with Crippen molar-refractivity contribution in [1.29, 1.82) is 0 Å². The second kappa shape index (κ2) is 7.26. The molecule has 1 aliphatic rings. The number of benzene rings is 2. The van der Waals surface area contributed by atoms with Crippen molar-refractivity contribution >= 4 is 17.4 Å². The second-order valence-corrected chi connectivity index (χ2v) is 5.69. The highest BCUT2D eigenvalue weighted by Gasteiger charge is 2.19. The minimum absolute atomic E-state index is 0.0981. The normalized spacial score (nSPS) is 18.4. The molecule has 1 saturated heterocycles. The monoisotopic (exact) mass is 311 g/mol. The number of urea groups is 1. The smallest absolute Gasteiger partial charge is 0.323 e. The van der Waals surface area contributed by atoms with E-state index in [-0.39, 0.29) is 12.1 Å². The molecule has 0 aromatic heterocycles. The van der Waals surface area contributed by atoms with Gasteiger partial charge in [-0.2, -0.15) is 0 Å². The van der Waals surface area contributed by atoms with Crippen LogP contribution in [0, 0.1) is 0 Å². The van der Waals surface area contributed by atoms with Gasteiger partial charge in [-0.25, -0.2) is 4.79 Å². The Hall–Kier alpha value is -2.37. The summed E-state index contributed by atoms with van der Waals surface area (Å²) in [5.74, 6) is 0. The van der Waals surface area contributed by atoms with Crippen LogP contribution in [0.3, 0.4) is 0 Å². The van der Waals surface area contributed by atoms with Crippen molar-refractivity contribution in [2.24, 2.45) is 0 Å². The average molecular weight is 311 g/mol. The van der Waals surface area contributed by atoms with Crippen LogP contribution in [-0.2, 0) is 4.74 Å². The quantitative estimate of drug-likeness (QED) is 0.914. The van der Waals surface area contributed by atoms with Crippen LogP contribution in [0.2, 0.25) is 0 Å². The van der Waals surface area contributed by atoms with Gasteiger partial charge in [0.2, 0.25) is 0 Å². The van der Waals surface area contributed by atoms with Crippen molar-refractivity contribution in [1.82, 2.24) is 4.90 Å². The molecule has 23 heavy (non-hydrogen) atoms. The summed E-state index contributed by atoms with van der Waals surface area (Å²) in [5.41, 5.74) is 2.65. The topological polar surface area (TPSA) is 53.6 Å². The van der Waals surface area contributed by atoms with E-state index in [9.17, 15) is 4.79 Å². The Kier molecular flexibility index (Phi) is 4.90. The summed E-state index contributed by atoms with van der Waals surface area (Å²) in [6, 6.07) is 16.9. The number of carbonyl (C=O) groups is 1. The third-order valence-electron chi connectivity index (χ3n) is 3.84. The lowest BCUT2D eigenvalue weighted by Crippen LogP contribution is -2.35. The van der Waals surface area contributed by atoms with Crippen LogP contribution in [0.1, 0.15) is 11.7 Å². The van der Waals surface area contributed by atoms with Gasteiger partial charge in [-0.15, -0.1) is 0 Å². The maximum absolute atomic E-state index is 12.0. The van der Waals surface area contributed by atoms with Gasteiger partial charge in [-0.3, -0.25) is 0 Å². The fourth-order valence-corrected chi connectivity index (χ4v) is 2.58. The first kappa shape index (κ1) is 15.5. The highest BCUT2D eigenvalue weighted by atomic mass is 16.5. The number of carbonyl (C=O) groups excluding carboxylic acids is 1. The Morgan fingerprint density at radius 3 is 2.35 bits per heavy atom. The van der Waals surface area contributed by atoms with Gasteiger partial charge in [-0.1, -0.05) is 30.3 Å². The molecule has 1 heterocycles. The van der Waals surface area contributed by atoms with E-state index in [2.05, 4.69) is 22.6 Å².